The molecule has 0 atom stereocenters. The third-order valence-electron chi connectivity index (χ3n) is 0.566. The highest BCUT2D eigenvalue weighted by molar-refractivity contribution is 5.76. The molecule has 6 radical (unpaired) electrons. The fourth-order valence-electron chi connectivity index (χ4n) is 0.313. The molecule has 8 heavy (non-hydrogen) atoms. The van der Waals surface area contributed by atoms with Crippen molar-refractivity contribution >= 4 is 16.8 Å². The first-order valence-corrected chi connectivity index (χ1v) is 1.85. The van der Waals surface area contributed by atoms with Gasteiger partial charge in [-0.2, -0.15) is 0 Å². The summed E-state index contributed by atoms with van der Waals surface area (Å²) in [5, 5.41) is 0. The molecule has 0 aromatic carbocycles. The van der Waals surface area contributed by atoms with Crippen molar-refractivity contribution in [3.63, 3.8) is 0 Å². The molecule has 0 amide bonds. The Balaban J connectivity index is 0. The van der Waals surface area contributed by atoms with Crippen LogP contribution in [0.15, 0.2) is 30.6 Å². The molecular formula is C5H5B2N. The maximum Gasteiger partial charge on any atom is 0.0267 e. The van der Waals surface area contributed by atoms with E-state index in [0.29, 0.717) is 0 Å². The van der Waals surface area contributed by atoms with E-state index in [1.165, 1.54) is 0 Å². The molecule has 1 heterocycles. The van der Waals surface area contributed by atoms with Crippen molar-refractivity contribution < 1.29 is 0 Å². The second kappa shape index (κ2) is 6.28. The minimum atomic E-state index is 0. The van der Waals surface area contributed by atoms with Crippen LogP contribution < -0.4 is 0 Å². The average molecular weight is 101 g/mol. The van der Waals surface area contributed by atoms with Crippen molar-refractivity contribution in [1.82, 2.24) is 4.98 Å². The van der Waals surface area contributed by atoms with Gasteiger partial charge in [0.25, 0.3) is 0 Å². The molecule has 0 N–H and O–H groups in total. The second-order valence-electron chi connectivity index (χ2n) is 1.02. The molecule has 0 saturated carbocycles. The van der Waals surface area contributed by atoms with Gasteiger partial charge in [-0.05, 0) is 12.1 Å². The molecule has 0 fully saturated rings. The number of hydrogen-bond donors (Lipinski definition) is 0. The van der Waals surface area contributed by atoms with E-state index in [1.807, 2.05) is 18.2 Å². The number of aromatic nitrogens is 1. The van der Waals surface area contributed by atoms with E-state index in [9.17, 15) is 0 Å². The van der Waals surface area contributed by atoms with Gasteiger partial charge in [0.2, 0.25) is 0 Å². The van der Waals surface area contributed by atoms with Crippen LogP contribution in [0, 0.1) is 0 Å². The highest BCUT2D eigenvalue weighted by Gasteiger charge is 1.58. The van der Waals surface area contributed by atoms with E-state index in [2.05, 4.69) is 4.98 Å². The smallest absolute Gasteiger partial charge is 0.0267 e. The number of rotatable bonds is 0. The minimum absolute atomic E-state index is 0. The molecule has 1 aromatic heterocycles. The van der Waals surface area contributed by atoms with Crippen molar-refractivity contribution in [2.45, 2.75) is 0 Å². The van der Waals surface area contributed by atoms with Gasteiger partial charge in [-0.1, -0.05) is 6.07 Å². The molecule has 0 bridgehead atoms. The normalized spacial score (nSPS) is 6.00. The Kier molecular flexibility index (Phi) is 8.08. The topological polar surface area (TPSA) is 12.9 Å². The summed E-state index contributed by atoms with van der Waals surface area (Å²) in [6, 6.07) is 5.72. The monoisotopic (exact) mass is 101 g/mol. The summed E-state index contributed by atoms with van der Waals surface area (Å²) in [5.74, 6) is 0. The highest BCUT2D eigenvalue weighted by Crippen LogP contribution is 1.73. The summed E-state index contributed by atoms with van der Waals surface area (Å²) in [6.07, 6.45) is 3.50. The lowest BCUT2D eigenvalue weighted by atomic mass is 10.5. The van der Waals surface area contributed by atoms with Gasteiger partial charge in [0.1, 0.15) is 0 Å². The molecule has 1 rings (SSSR count). The Labute approximate surface area is 53.3 Å². The zero-order valence-electron chi connectivity index (χ0n) is 4.49. The fraction of sp³-hybridized carbons (Fsp3) is 0. The summed E-state index contributed by atoms with van der Waals surface area (Å²) in [7, 11) is 0. The van der Waals surface area contributed by atoms with E-state index in [0.717, 1.165) is 0 Å². The first-order chi connectivity index (χ1) is 3.00. The van der Waals surface area contributed by atoms with Crippen LogP contribution in [0.5, 0.6) is 0 Å². The molecule has 0 saturated heterocycles. The van der Waals surface area contributed by atoms with Crippen molar-refractivity contribution in [2.24, 2.45) is 0 Å². The zero-order valence-corrected chi connectivity index (χ0v) is 4.49. The fourth-order valence-corrected chi connectivity index (χ4v) is 0.313. The van der Waals surface area contributed by atoms with Gasteiger partial charge < -0.3 is 0 Å². The first kappa shape index (κ1) is 10.3. The Bertz CT molecular complexity index is 82.4. The van der Waals surface area contributed by atoms with Gasteiger partial charge >= 0.3 is 0 Å². The van der Waals surface area contributed by atoms with Gasteiger partial charge in [-0.15, -0.1) is 0 Å². The summed E-state index contributed by atoms with van der Waals surface area (Å²) in [4.78, 5) is 3.78. The molecule has 0 aliphatic carbocycles. The Morgan fingerprint density at radius 2 is 1.25 bits per heavy atom. The lowest BCUT2D eigenvalue weighted by Crippen LogP contribution is -1.58. The van der Waals surface area contributed by atoms with Crippen LogP contribution in [0.3, 0.4) is 0 Å². The van der Waals surface area contributed by atoms with Crippen LogP contribution in [0.2, 0.25) is 0 Å². The summed E-state index contributed by atoms with van der Waals surface area (Å²) in [5.41, 5.74) is 0. The van der Waals surface area contributed by atoms with E-state index < -0.39 is 0 Å². The maximum atomic E-state index is 3.78. The molecular weight excluding hydrogens is 95.7 g/mol. The maximum absolute atomic E-state index is 3.78. The van der Waals surface area contributed by atoms with Gasteiger partial charge in [0, 0.05) is 29.2 Å². The standard InChI is InChI=1S/C5H5N.2B/c1-2-4-6-5-3-1;;/h1-5H;;. The number of nitrogens with zero attached hydrogens (tertiary/aromatic N) is 1. The molecule has 0 aliphatic heterocycles. The van der Waals surface area contributed by atoms with Crippen LogP contribution in [0.25, 0.3) is 0 Å². The molecule has 0 spiro atoms. The summed E-state index contributed by atoms with van der Waals surface area (Å²) in [6.45, 7) is 0. The van der Waals surface area contributed by atoms with E-state index >= 15 is 0 Å². The lowest BCUT2D eigenvalue weighted by Gasteiger charge is -1.70. The van der Waals surface area contributed by atoms with E-state index in [4.69, 9.17) is 0 Å². The zero-order chi connectivity index (χ0) is 4.24. The van der Waals surface area contributed by atoms with Gasteiger partial charge in [-0.25, -0.2) is 0 Å². The van der Waals surface area contributed by atoms with Crippen LogP contribution in [0.4, 0.5) is 0 Å². The minimum Gasteiger partial charge on any atom is -0.265 e. The van der Waals surface area contributed by atoms with Crippen molar-refractivity contribution in [3.05, 3.63) is 30.6 Å². The third-order valence-corrected chi connectivity index (χ3v) is 0.566. The molecule has 1 aromatic rings. The summed E-state index contributed by atoms with van der Waals surface area (Å²) >= 11 is 0. The van der Waals surface area contributed by atoms with Gasteiger partial charge in [-0.3, -0.25) is 4.98 Å². The largest absolute Gasteiger partial charge is 0.265 e. The van der Waals surface area contributed by atoms with Gasteiger partial charge in [0.05, 0.1) is 0 Å². The number of pyridine rings is 1. The average Bonchev–Trinajstić information content (AvgIpc) is 1.72. The lowest BCUT2D eigenvalue weighted by molar-refractivity contribution is 1.33. The van der Waals surface area contributed by atoms with Crippen molar-refractivity contribution in [2.75, 3.05) is 0 Å². The first-order valence-electron chi connectivity index (χ1n) is 1.85. The predicted octanol–water partition coefficient (Wildman–Crippen LogP) is 0.320. The molecule has 36 valence electrons. The molecule has 0 aliphatic rings. The Hall–Kier alpha value is -0.720. The Morgan fingerprint density at radius 1 is 0.750 bits per heavy atom. The quantitative estimate of drug-likeness (QED) is 0.428. The Morgan fingerprint density at radius 3 is 1.38 bits per heavy atom. The van der Waals surface area contributed by atoms with E-state index in [-0.39, 0.29) is 16.8 Å². The van der Waals surface area contributed by atoms with Crippen LogP contribution >= 0.6 is 0 Å². The SMILES string of the molecule is [B].[B].c1ccncc1. The second-order valence-corrected chi connectivity index (χ2v) is 1.02. The summed E-state index contributed by atoms with van der Waals surface area (Å²) < 4.78 is 0. The van der Waals surface area contributed by atoms with E-state index in [1.54, 1.807) is 12.4 Å². The third kappa shape index (κ3) is 3.47. The molecule has 3 heteroatoms. The molecule has 1 nitrogen and oxygen atoms in total. The van der Waals surface area contributed by atoms with Crippen LogP contribution in [0.1, 0.15) is 0 Å². The van der Waals surface area contributed by atoms with Crippen molar-refractivity contribution in [3.8, 4) is 0 Å². The van der Waals surface area contributed by atoms with Crippen LogP contribution in [-0.4, -0.2) is 21.8 Å². The molecule has 0 unspecified atom stereocenters. The van der Waals surface area contributed by atoms with Gasteiger partial charge in [0.15, 0.2) is 0 Å². The number of hydrogen-bond acceptors (Lipinski definition) is 1. The predicted molar refractivity (Wildman–Crippen MR) is 35.7 cm³/mol. The highest BCUT2D eigenvalue weighted by atomic mass is 14.6. The van der Waals surface area contributed by atoms with Crippen molar-refractivity contribution in [1.29, 1.82) is 0 Å². The van der Waals surface area contributed by atoms with Crippen LogP contribution in [-0.2, 0) is 0 Å².